The molecular weight excluding hydrogens is 368 g/mol. The summed E-state index contributed by atoms with van der Waals surface area (Å²) in [6.45, 7) is 7.75. The van der Waals surface area contributed by atoms with Crippen molar-refractivity contribution in [3.63, 3.8) is 0 Å². The molecule has 0 saturated carbocycles. The molecule has 0 bridgehead atoms. The third-order valence-corrected chi connectivity index (χ3v) is 5.31. The number of rotatable bonds is 7. The van der Waals surface area contributed by atoms with Gasteiger partial charge in [0.15, 0.2) is 0 Å². The molecule has 1 fully saturated rings. The summed E-state index contributed by atoms with van der Waals surface area (Å²) in [5.74, 6) is -0.0563. The van der Waals surface area contributed by atoms with Crippen LogP contribution in [0.5, 0.6) is 0 Å². The minimum atomic E-state index is -0.399. The van der Waals surface area contributed by atoms with Crippen molar-refractivity contribution in [2.45, 2.75) is 39.8 Å². The van der Waals surface area contributed by atoms with Gasteiger partial charge in [-0.15, -0.1) is 0 Å². The van der Waals surface area contributed by atoms with Gasteiger partial charge < -0.3 is 19.5 Å². The minimum absolute atomic E-state index is 0.0563. The van der Waals surface area contributed by atoms with Gasteiger partial charge in [-0.3, -0.25) is 9.69 Å². The summed E-state index contributed by atoms with van der Waals surface area (Å²) >= 11 is 1.52. The van der Waals surface area contributed by atoms with E-state index >= 15 is 0 Å². The van der Waals surface area contributed by atoms with Crippen molar-refractivity contribution in [1.82, 2.24) is 9.88 Å². The Morgan fingerprint density at radius 3 is 2.93 bits per heavy atom. The zero-order chi connectivity index (χ0) is 19.4. The summed E-state index contributed by atoms with van der Waals surface area (Å²) < 4.78 is 8.46. The first-order chi connectivity index (χ1) is 13.1. The number of thiazole rings is 1. The van der Waals surface area contributed by atoms with E-state index in [4.69, 9.17) is 9.57 Å². The summed E-state index contributed by atoms with van der Waals surface area (Å²) in [6, 6.07) is 5.85. The molecule has 1 aliphatic rings. The van der Waals surface area contributed by atoms with E-state index in [-0.39, 0.29) is 12.0 Å². The fourth-order valence-electron chi connectivity index (χ4n) is 2.92. The van der Waals surface area contributed by atoms with Gasteiger partial charge in [0.05, 0.1) is 23.3 Å². The normalized spacial score (nSPS) is 17.4. The largest absolute Gasteiger partial charge is 0.442 e. The number of carbonyl (C=O) groups excluding carboxylic acids is 2. The molecule has 1 atom stereocenters. The molecule has 2 aromatic rings. The molecule has 9 heteroatoms. The second kappa shape index (κ2) is 8.43. The molecule has 146 valence electrons. The molecule has 2 heterocycles. The average Bonchev–Trinajstić information content (AvgIpc) is 3.23. The van der Waals surface area contributed by atoms with Crippen LogP contribution in [-0.4, -0.2) is 42.4 Å². The smallest absolute Gasteiger partial charge is 0.414 e. The number of carbonyl (C=O) groups is 2. The van der Waals surface area contributed by atoms with Crippen molar-refractivity contribution >= 4 is 39.2 Å². The average molecular weight is 392 g/mol. The van der Waals surface area contributed by atoms with E-state index in [9.17, 15) is 9.59 Å². The number of nitrogens with one attached hydrogen (secondary N) is 1. The number of nitrogens with zero attached hydrogens (tertiary/aromatic N) is 3. The van der Waals surface area contributed by atoms with E-state index < -0.39 is 6.09 Å². The van der Waals surface area contributed by atoms with E-state index in [2.05, 4.69) is 22.0 Å². The molecule has 0 unspecified atom stereocenters. The van der Waals surface area contributed by atoms with E-state index in [1.165, 1.54) is 11.3 Å². The number of anilines is 1. The van der Waals surface area contributed by atoms with E-state index in [0.717, 1.165) is 27.3 Å². The van der Waals surface area contributed by atoms with E-state index in [1.54, 1.807) is 11.8 Å². The van der Waals surface area contributed by atoms with E-state index in [1.807, 2.05) is 25.1 Å². The second-order valence-corrected chi connectivity index (χ2v) is 7.07. The van der Waals surface area contributed by atoms with Crippen LogP contribution >= 0.6 is 11.3 Å². The minimum Gasteiger partial charge on any atom is -0.442 e. The Labute approximate surface area is 161 Å². The molecule has 1 saturated heterocycles. The fraction of sp³-hybridized carbons (Fsp3) is 0.500. The lowest BCUT2D eigenvalue weighted by Gasteiger charge is -2.13. The maximum absolute atomic E-state index is 12.3. The summed E-state index contributed by atoms with van der Waals surface area (Å²) in [7, 11) is 0. The highest BCUT2D eigenvalue weighted by Crippen LogP contribution is 2.27. The molecule has 0 aliphatic carbocycles. The molecule has 1 aromatic heterocycles. The molecule has 0 radical (unpaired) electrons. The van der Waals surface area contributed by atoms with Crippen molar-refractivity contribution in [2.24, 2.45) is 5.16 Å². The molecule has 3 rings (SSSR count). The standard InChI is InChI=1S/C18H24N4O4S/c1-4-16(23)19-10-13-11-22(18(24)26-13)12-7-8-14-15(9-12)27-17(20-25-6-3)21(14)5-2/h7-9,13H,4-6,10-11H2,1-3H3,(H,19,23)/b20-17+/t13-/m0/s1. The number of cyclic esters (lactones) is 1. The quantitative estimate of drug-likeness (QED) is 0.734. The summed E-state index contributed by atoms with van der Waals surface area (Å²) in [5.41, 5.74) is 1.81. The number of hydrogen-bond acceptors (Lipinski definition) is 6. The highest BCUT2D eigenvalue weighted by Gasteiger charge is 2.32. The lowest BCUT2D eigenvalue weighted by atomic mass is 10.2. The van der Waals surface area contributed by atoms with Crippen molar-refractivity contribution in [3.8, 4) is 0 Å². The Morgan fingerprint density at radius 2 is 2.22 bits per heavy atom. The molecule has 1 aliphatic heterocycles. The number of aryl methyl sites for hydroxylation is 1. The third-order valence-electron chi connectivity index (χ3n) is 4.29. The van der Waals surface area contributed by atoms with Crippen molar-refractivity contribution in [2.75, 3.05) is 24.6 Å². The molecule has 1 N–H and O–H groups in total. The van der Waals surface area contributed by atoms with E-state index in [0.29, 0.717) is 26.1 Å². The fourth-order valence-corrected chi connectivity index (χ4v) is 4.00. The van der Waals surface area contributed by atoms with Crippen molar-refractivity contribution in [1.29, 1.82) is 0 Å². The van der Waals surface area contributed by atoms with Gasteiger partial charge in [-0.1, -0.05) is 23.4 Å². The van der Waals surface area contributed by atoms with Gasteiger partial charge in [-0.25, -0.2) is 4.79 Å². The van der Waals surface area contributed by atoms with Gasteiger partial charge in [0.2, 0.25) is 10.7 Å². The van der Waals surface area contributed by atoms with Crippen molar-refractivity contribution < 1.29 is 19.2 Å². The predicted molar refractivity (Wildman–Crippen MR) is 104 cm³/mol. The van der Waals surface area contributed by atoms with Crippen LogP contribution in [0.3, 0.4) is 0 Å². The number of hydrogen-bond donors (Lipinski definition) is 1. The van der Waals surface area contributed by atoms with Crippen molar-refractivity contribution in [3.05, 3.63) is 23.0 Å². The molecule has 0 spiro atoms. The summed E-state index contributed by atoms with van der Waals surface area (Å²) in [5, 5.41) is 6.94. The van der Waals surface area contributed by atoms with Crippen LogP contribution in [0.25, 0.3) is 10.2 Å². The topological polar surface area (TPSA) is 85.2 Å². The monoisotopic (exact) mass is 392 g/mol. The number of fused-ring (bicyclic) bond motifs is 1. The highest BCUT2D eigenvalue weighted by atomic mass is 32.1. The Morgan fingerprint density at radius 1 is 1.41 bits per heavy atom. The van der Waals surface area contributed by atoms with Crippen LogP contribution in [-0.2, 0) is 20.9 Å². The highest BCUT2D eigenvalue weighted by molar-refractivity contribution is 7.16. The lowest BCUT2D eigenvalue weighted by molar-refractivity contribution is -0.121. The number of benzene rings is 1. The first kappa shape index (κ1) is 19.2. The molecule has 1 aromatic carbocycles. The number of ether oxygens (including phenoxy) is 1. The Bertz CT molecular complexity index is 904. The second-order valence-electron chi connectivity index (χ2n) is 6.06. The Balaban J connectivity index is 1.83. The predicted octanol–water partition coefficient (Wildman–Crippen LogP) is 2.43. The third kappa shape index (κ3) is 4.08. The maximum Gasteiger partial charge on any atom is 0.414 e. The zero-order valence-corrected chi connectivity index (χ0v) is 16.5. The number of amides is 2. The SMILES string of the molecule is CCO/N=c1/sc2cc(N3C[C@H](CNC(=O)CC)OC3=O)ccc2n1CC. The Kier molecular flexibility index (Phi) is 6.00. The maximum atomic E-state index is 12.3. The zero-order valence-electron chi connectivity index (χ0n) is 15.7. The molecule has 8 nitrogen and oxygen atoms in total. The van der Waals surface area contributed by atoms with Crippen LogP contribution in [0.1, 0.15) is 27.2 Å². The van der Waals surface area contributed by atoms with Crippen LogP contribution < -0.4 is 15.0 Å². The van der Waals surface area contributed by atoms with Crippen LogP contribution in [0.4, 0.5) is 10.5 Å². The van der Waals surface area contributed by atoms with Crippen LogP contribution in [0, 0.1) is 0 Å². The van der Waals surface area contributed by atoms with Gasteiger partial charge in [0, 0.05) is 18.7 Å². The van der Waals surface area contributed by atoms with Gasteiger partial charge >= 0.3 is 6.09 Å². The number of aromatic nitrogens is 1. The molecular formula is C18H24N4O4S. The van der Waals surface area contributed by atoms with Gasteiger partial charge in [0.1, 0.15) is 12.7 Å². The first-order valence-corrected chi connectivity index (χ1v) is 9.93. The Hall–Kier alpha value is -2.55. The summed E-state index contributed by atoms with van der Waals surface area (Å²) in [6.07, 6.45) is -0.341. The van der Waals surface area contributed by atoms with Gasteiger partial charge in [0.25, 0.3) is 0 Å². The first-order valence-electron chi connectivity index (χ1n) is 9.11. The van der Waals surface area contributed by atoms with Crippen LogP contribution in [0.2, 0.25) is 0 Å². The molecule has 2 amide bonds. The molecule has 27 heavy (non-hydrogen) atoms. The van der Waals surface area contributed by atoms with Gasteiger partial charge in [-0.2, -0.15) is 0 Å². The van der Waals surface area contributed by atoms with Gasteiger partial charge in [-0.05, 0) is 32.0 Å². The van der Waals surface area contributed by atoms with Crippen LogP contribution in [0.15, 0.2) is 23.4 Å². The lowest BCUT2D eigenvalue weighted by Crippen LogP contribution is -2.34. The summed E-state index contributed by atoms with van der Waals surface area (Å²) in [4.78, 5) is 31.2.